The fourth-order valence-corrected chi connectivity index (χ4v) is 2.05. The van der Waals surface area contributed by atoms with Gasteiger partial charge in [-0.15, -0.1) is 0 Å². The zero-order valence-corrected chi connectivity index (χ0v) is 10.9. The van der Waals surface area contributed by atoms with Crippen LogP contribution in [0.5, 0.6) is 5.75 Å². The molecule has 1 heterocycles. The van der Waals surface area contributed by atoms with E-state index in [1.807, 2.05) is 6.07 Å². The van der Waals surface area contributed by atoms with Crippen LogP contribution in [0.3, 0.4) is 0 Å². The highest BCUT2D eigenvalue weighted by molar-refractivity contribution is 6.32. The summed E-state index contributed by atoms with van der Waals surface area (Å²) in [4.78, 5) is 11.3. The molecule has 2 atom stereocenters. The third kappa shape index (κ3) is 2.58. The normalized spacial score (nSPS) is 22.8. The number of carbonyl (C=O) groups excluding carboxylic acids is 1. The van der Waals surface area contributed by atoms with Gasteiger partial charge in [0, 0.05) is 0 Å². The Morgan fingerprint density at radius 1 is 1.50 bits per heavy atom. The lowest BCUT2D eigenvalue weighted by Crippen LogP contribution is -2.34. The highest BCUT2D eigenvalue weighted by Crippen LogP contribution is 2.29. The van der Waals surface area contributed by atoms with Crippen molar-refractivity contribution in [2.45, 2.75) is 12.3 Å². The van der Waals surface area contributed by atoms with Crippen molar-refractivity contribution in [2.24, 2.45) is 0 Å². The first-order valence-corrected chi connectivity index (χ1v) is 5.82. The number of hydrogen-bond acceptors (Lipinski definition) is 5. The van der Waals surface area contributed by atoms with E-state index in [-0.39, 0.29) is 18.8 Å². The molecule has 1 aromatic carbocycles. The zero-order valence-electron chi connectivity index (χ0n) is 10.1. The molecule has 98 valence electrons. The maximum absolute atomic E-state index is 11.3. The molecule has 2 rings (SSSR count). The Morgan fingerprint density at radius 2 is 2.28 bits per heavy atom. The molecule has 1 aliphatic rings. The Hall–Kier alpha value is -1.30. The highest BCUT2D eigenvalue weighted by atomic mass is 35.5. The van der Waals surface area contributed by atoms with Crippen LogP contribution in [0, 0.1) is 0 Å². The molecule has 1 fully saturated rings. The maximum atomic E-state index is 11.3. The number of benzene rings is 1. The number of nitrogens with one attached hydrogen (secondary N) is 1. The van der Waals surface area contributed by atoms with Gasteiger partial charge in [-0.2, -0.15) is 0 Å². The van der Waals surface area contributed by atoms with Crippen molar-refractivity contribution < 1.29 is 19.0 Å². The van der Waals surface area contributed by atoms with E-state index in [4.69, 9.17) is 21.1 Å². The third-order valence-electron chi connectivity index (χ3n) is 2.75. The summed E-state index contributed by atoms with van der Waals surface area (Å²) >= 11 is 6.03. The molecule has 1 N–H and O–H groups in total. The number of hydrogen-bond donors (Lipinski definition) is 1. The van der Waals surface area contributed by atoms with Gasteiger partial charge in [-0.3, -0.25) is 10.1 Å². The van der Waals surface area contributed by atoms with Gasteiger partial charge < -0.3 is 14.2 Å². The molecule has 2 unspecified atom stereocenters. The van der Waals surface area contributed by atoms with Crippen molar-refractivity contribution in [3.63, 3.8) is 0 Å². The molecule has 0 saturated carbocycles. The molecule has 6 heteroatoms. The fraction of sp³-hybridized carbons (Fsp3) is 0.417. The monoisotopic (exact) mass is 271 g/mol. The summed E-state index contributed by atoms with van der Waals surface area (Å²) in [7, 11) is 2.90. The van der Waals surface area contributed by atoms with Gasteiger partial charge in [0.2, 0.25) is 0 Å². The molecule has 0 spiro atoms. The van der Waals surface area contributed by atoms with E-state index in [2.05, 4.69) is 10.1 Å². The van der Waals surface area contributed by atoms with Crippen molar-refractivity contribution in [2.75, 3.05) is 20.8 Å². The number of ether oxygens (including phenoxy) is 3. The first kappa shape index (κ1) is 13.1. The van der Waals surface area contributed by atoms with Gasteiger partial charge in [-0.05, 0) is 17.7 Å². The molecule has 1 aliphatic heterocycles. The Balaban J connectivity index is 2.10. The van der Waals surface area contributed by atoms with Gasteiger partial charge >= 0.3 is 5.97 Å². The minimum absolute atomic E-state index is 0.279. The second-order valence-corrected chi connectivity index (χ2v) is 4.26. The first-order chi connectivity index (χ1) is 8.65. The fourth-order valence-electron chi connectivity index (χ4n) is 1.79. The lowest BCUT2D eigenvalue weighted by atomic mass is 10.2. The highest BCUT2D eigenvalue weighted by Gasteiger charge is 2.31. The van der Waals surface area contributed by atoms with Crippen LogP contribution in [0.4, 0.5) is 0 Å². The number of rotatable bonds is 3. The third-order valence-corrected chi connectivity index (χ3v) is 3.04. The van der Waals surface area contributed by atoms with E-state index in [1.165, 1.54) is 7.11 Å². The van der Waals surface area contributed by atoms with E-state index in [0.717, 1.165) is 5.56 Å². The van der Waals surface area contributed by atoms with Crippen LogP contribution >= 0.6 is 11.6 Å². The molecular weight excluding hydrogens is 258 g/mol. The minimum Gasteiger partial charge on any atom is -0.495 e. The number of methoxy groups -OCH3 is 2. The van der Waals surface area contributed by atoms with Gasteiger partial charge in [0.15, 0.2) is 0 Å². The van der Waals surface area contributed by atoms with Gasteiger partial charge in [0.05, 0.1) is 25.8 Å². The summed E-state index contributed by atoms with van der Waals surface area (Å²) in [6.07, 6.45) is -0.363. The van der Waals surface area contributed by atoms with Crippen LogP contribution in [0.25, 0.3) is 0 Å². The lowest BCUT2D eigenvalue weighted by Gasteiger charge is -2.13. The predicted molar refractivity (Wildman–Crippen MR) is 65.6 cm³/mol. The largest absolute Gasteiger partial charge is 0.495 e. The Bertz CT molecular complexity index is 452. The molecule has 0 amide bonds. The molecule has 18 heavy (non-hydrogen) atoms. The molecule has 0 aliphatic carbocycles. The number of esters is 1. The van der Waals surface area contributed by atoms with E-state index in [9.17, 15) is 4.79 Å². The van der Waals surface area contributed by atoms with Crippen LogP contribution in [-0.2, 0) is 14.3 Å². The number of carbonyl (C=O) groups is 1. The Morgan fingerprint density at radius 3 is 2.89 bits per heavy atom. The van der Waals surface area contributed by atoms with Crippen molar-refractivity contribution in [3.8, 4) is 5.75 Å². The smallest absolute Gasteiger partial charge is 0.325 e. The summed E-state index contributed by atoms with van der Waals surface area (Å²) in [5, 5.41) is 3.53. The summed E-state index contributed by atoms with van der Waals surface area (Å²) in [6.45, 7) is 0.279. The van der Waals surface area contributed by atoms with Gasteiger partial charge in [0.25, 0.3) is 0 Å². The quantitative estimate of drug-likeness (QED) is 0.845. The summed E-state index contributed by atoms with van der Waals surface area (Å²) in [5.41, 5.74) is 0.840. The average Bonchev–Trinajstić information content (AvgIpc) is 2.87. The molecule has 5 nitrogen and oxygen atoms in total. The van der Waals surface area contributed by atoms with E-state index in [1.54, 1.807) is 19.2 Å². The van der Waals surface area contributed by atoms with E-state index < -0.39 is 6.04 Å². The minimum atomic E-state index is -0.444. The first-order valence-electron chi connectivity index (χ1n) is 5.44. The maximum Gasteiger partial charge on any atom is 0.325 e. The zero-order chi connectivity index (χ0) is 13.1. The summed E-state index contributed by atoms with van der Waals surface area (Å²) in [6, 6.07) is 4.90. The van der Waals surface area contributed by atoms with Crippen LogP contribution in [0.2, 0.25) is 5.02 Å². The molecule has 0 radical (unpaired) electrons. The van der Waals surface area contributed by atoms with Gasteiger partial charge in [-0.1, -0.05) is 17.7 Å². The molecule has 1 aromatic rings. The van der Waals surface area contributed by atoms with Crippen LogP contribution in [0.1, 0.15) is 11.8 Å². The second kappa shape index (κ2) is 5.56. The standard InChI is InChI=1S/C12H14ClNO4/c1-16-10-4-3-7(5-8(10)13)11-14-9(6-18-11)12(15)17-2/h3-5,9,11,14H,6H2,1-2H3. The van der Waals surface area contributed by atoms with E-state index in [0.29, 0.717) is 10.8 Å². The summed E-state index contributed by atoms with van der Waals surface area (Å²) in [5.74, 6) is 0.264. The van der Waals surface area contributed by atoms with Crippen molar-refractivity contribution >= 4 is 17.6 Å². The topological polar surface area (TPSA) is 56.8 Å². The van der Waals surface area contributed by atoms with Crippen LogP contribution in [-0.4, -0.2) is 32.8 Å². The summed E-state index contributed by atoms with van der Waals surface area (Å²) < 4.78 is 15.2. The molecule has 0 aromatic heterocycles. The van der Waals surface area contributed by atoms with Crippen molar-refractivity contribution in [3.05, 3.63) is 28.8 Å². The molecule has 0 bridgehead atoms. The molecular formula is C12H14ClNO4. The van der Waals surface area contributed by atoms with Crippen LogP contribution < -0.4 is 10.1 Å². The van der Waals surface area contributed by atoms with Crippen molar-refractivity contribution in [1.29, 1.82) is 0 Å². The lowest BCUT2D eigenvalue weighted by molar-refractivity contribution is -0.142. The van der Waals surface area contributed by atoms with E-state index >= 15 is 0 Å². The second-order valence-electron chi connectivity index (χ2n) is 3.85. The number of halogens is 1. The Kier molecular flexibility index (Phi) is 4.06. The van der Waals surface area contributed by atoms with Gasteiger partial charge in [-0.25, -0.2) is 0 Å². The SMILES string of the molecule is COC(=O)C1COC(c2ccc(OC)c(Cl)c2)N1. The Labute approximate surface area is 110 Å². The molecule has 1 saturated heterocycles. The van der Waals surface area contributed by atoms with Gasteiger partial charge in [0.1, 0.15) is 18.0 Å². The van der Waals surface area contributed by atoms with Crippen LogP contribution in [0.15, 0.2) is 18.2 Å². The average molecular weight is 272 g/mol. The van der Waals surface area contributed by atoms with Crippen molar-refractivity contribution in [1.82, 2.24) is 5.32 Å². The predicted octanol–water partition coefficient (Wildman–Crippen LogP) is 1.51.